The fourth-order valence-electron chi connectivity index (χ4n) is 1.51. The van der Waals surface area contributed by atoms with Crippen molar-refractivity contribution in [2.45, 2.75) is 44.9 Å². The van der Waals surface area contributed by atoms with Gasteiger partial charge in [0.15, 0.2) is 0 Å². The quantitative estimate of drug-likeness (QED) is 0.736. The second-order valence-electron chi connectivity index (χ2n) is 5.85. The smallest absolute Gasteiger partial charge is 0.118 e. The minimum Gasteiger partial charge on any atom is -0.497 e. The number of hydrogen-bond donors (Lipinski definition) is 3. The standard InChI is InChI=1S/C15H25NO3/c1-14(2,15(3,4)18)16-10-13(17)11-6-8-12(19-5)9-7-11/h6-9,13,16-18H,10H2,1-5H3. The van der Waals surface area contributed by atoms with Gasteiger partial charge in [-0.25, -0.2) is 0 Å². The van der Waals surface area contributed by atoms with Crippen molar-refractivity contribution in [2.75, 3.05) is 13.7 Å². The van der Waals surface area contributed by atoms with Gasteiger partial charge in [0.05, 0.1) is 18.8 Å². The van der Waals surface area contributed by atoms with Crippen LogP contribution in [0.15, 0.2) is 24.3 Å². The summed E-state index contributed by atoms with van der Waals surface area (Å²) in [7, 11) is 1.61. The van der Waals surface area contributed by atoms with Gasteiger partial charge in [-0.15, -0.1) is 0 Å². The van der Waals surface area contributed by atoms with Crippen LogP contribution in [0.3, 0.4) is 0 Å². The van der Waals surface area contributed by atoms with E-state index in [4.69, 9.17) is 4.74 Å². The Hall–Kier alpha value is -1.10. The predicted octanol–water partition coefficient (Wildman–Crippen LogP) is 1.87. The second kappa shape index (κ2) is 5.90. The van der Waals surface area contributed by atoms with Crippen LogP contribution in [0.5, 0.6) is 5.75 Å². The number of aliphatic hydroxyl groups excluding tert-OH is 1. The van der Waals surface area contributed by atoms with Crippen LogP contribution >= 0.6 is 0 Å². The van der Waals surface area contributed by atoms with Gasteiger partial charge < -0.3 is 20.3 Å². The highest BCUT2D eigenvalue weighted by atomic mass is 16.5. The molecule has 1 atom stereocenters. The van der Waals surface area contributed by atoms with Crippen molar-refractivity contribution in [3.8, 4) is 5.75 Å². The molecule has 0 aromatic heterocycles. The molecule has 3 N–H and O–H groups in total. The first-order valence-corrected chi connectivity index (χ1v) is 6.47. The van der Waals surface area contributed by atoms with Gasteiger partial charge in [0, 0.05) is 12.1 Å². The van der Waals surface area contributed by atoms with E-state index in [2.05, 4.69) is 5.32 Å². The number of rotatable bonds is 6. The maximum absolute atomic E-state index is 10.1. The third-order valence-corrected chi connectivity index (χ3v) is 3.77. The summed E-state index contributed by atoms with van der Waals surface area (Å²) in [6.07, 6.45) is -0.618. The lowest BCUT2D eigenvalue weighted by Gasteiger charge is -2.38. The van der Waals surface area contributed by atoms with Crippen LogP contribution in [-0.2, 0) is 0 Å². The molecule has 1 unspecified atom stereocenters. The summed E-state index contributed by atoms with van der Waals surface area (Å²) < 4.78 is 5.08. The Balaban J connectivity index is 2.62. The van der Waals surface area contributed by atoms with Gasteiger partial charge in [0.2, 0.25) is 0 Å². The van der Waals surface area contributed by atoms with Crippen LogP contribution in [0.25, 0.3) is 0 Å². The van der Waals surface area contributed by atoms with Crippen molar-refractivity contribution in [1.29, 1.82) is 0 Å². The molecule has 19 heavy (non-hydrogen) atoms. The van der Waals surface area contributed by atoms with Crippen LogP contribution in [0.1, 0.15) is 39.4 Å². The van der Waals surface area contributed by atoms with E-state index in [0.717, 1.165) is 11.3 Å². The molecular formula is C15H25NO3. The van der Waals surface area contributed by atoms with Gasteiger partial charge in [0.25, 0.3) is 0 Å². The molecule has 1 aromatic carbocycles. The van der Waals surface area contributed by atoms with E-state index in [-0.39, 0.29) is 0 Å². The lowest BCUT2D eigenvalue weighted by molar-refractivity contribution is -0.00978. The predicted molar refractivity (Wildman–Crippen MR) is 76.3 cm³/mol. The third-order valence-electron chi connectivity index (χ3n) is 3.77. The van der Waals surface area contributed by atoms with Crippen molar-refractivity contribution in [2.24, 2.45) is 0 Å². The molecule has 4 heteroatoms. The second-order valence-corrected chi connectivity index (χ2v) is 5.85. The summed E-state index contributed by atoms with van der Waals surface area (Å²) >= 11 is 0. The van der Waals surface area contributed by atoms with E-state index < -0.39 is 17.2 Å². The first-order chi connectivity index (χ1) is 8.67. The number of ether oxygens (including phenoxy) is 1. The van der Waals surface area contributed by atoms with Crippen molar-refractivity contribution in [1.82, 2.24) is 5.32 Å². The van der Waals surface area contributed by atoms with E-state index in [1.165, 1.54) is 0 Å². The minimum atomic E-state index is -0.868. The lowest BCUT2D eigenvalue weighted by Crippen LogP contribution is -2.56. The zero-order valence-electron chi connectivity index (χ0n) is 12.4. The van der Waals surface area contributed by atoms with E-state index in [1.54, 1.807) is 21.0 Å². The molecule has 0 spiro atoms. The van der Waals surface area contributed by atoms with Gasteiger partial charge >= 0.3 is 0 Å². The average molecular weight is 267 g/mol. The van der Waals surface area contributed by atoms with E-state index in [0.29, 0.717) is 6.54 Å². The Labute approximate surface area is 115 Å². The molecule has 0 saturated carbocycles. The normalized spacial score (nSPS) is 14.3. The Morgan fingerprint density at radius 2 is 1.68 bits per heavy atom. The summed E-state index contributed by atoms with van der Waals surface area (Å²) in [5.41, 5.74) is -0.535. The number of methoxy groups -OCH3 is 1. The van der Waals surface area contributed by atoms with Gasteiger partial charge in [-0.05, 0) is 45.4 Å². The number of aliphatic hydroxyl groups is 2. The van der Waals surface area contributed by atoms with Crippen molar-refractivity contribution in [3.05, 3.63) is 29.8 Å². The number of hydrogen-bond acceptors (Lipinski definition) is 4. The molecule has 1 rings (SSSR count). The molecule has 0 aliphatic carbocycles. The highest BCUT2D eigenvalue weighted by molar-refractivity contribution is 5.28. The third kappa shape index (κ3) is 4.20. The minimum absolute atomic E-state index is 0.378. The van der Waals surface area contributed by atoms with Crippen LogP contribution in [0, 0.1) is 0 Å². The molecule has 4 nitrogen and oxygen atoms in total. The molecule has 0 aliphatic rings. The van der Waals surface area contributed by atoms with Gasteiger partial charge in [-0.2, -0.15) is 0 Å². The maximum atomic E-state index is 10.1. The number of nitrogens with one attached hydrogen (secondary N) is 1. The zero-order chi connectivity index (χ0) is 14.7. The van der Waals surface area contributed by atoms with E-state index in [9.17, 15) is 10.2 Å². The van der Waals surface area contributed by atoms with Gasteiger partial charge in [-0.1, -0.05) is 12.1 Å². The molecule has 0 saturated heterocycles. The first-order valence-electron chi connectivity index (χ1n) is 6.47. The lowest BCUT2D eigenvalue weighted by atomic mass is 9.86. The Morgan fingerprint density at radius 3 is 2.11 bits per heavy atom. The van der Waals surface area contributed by atoms with Gasteiger partial charge in [0.1, 0.15) is 5.75 Å². The SMILES string of the molecule is COc1ccc(C(O)CNC(C)(C)C(C)(C)O)cc1. The zero-order valence-corrected chi connectivity index (χ0v) is 12.4. The Bertz CT molecular complexity index is 393. The van der Waals surface area contributed by atoms with Crippen LogP contribution in [0.4, 0.5) is 0 Å². The fourth-order valence-corrected chi connectivity index (χ4v) is 1.51. The van der Waals surface area contributed by atoms with E-state index >= 15 is 0 Å². The van der Waals surface area contributed by atoms with Crippen molar-refractivity contribution >= 4 is 0 Å². The summed E-state index contributed by atoms with van der Waals surface area (Å²) in [5, 5.41) is 23.4. The van der Waals surface area contributed by atoms with Crippen LogP contribution in [-0.4, -0.2) is 35.0 Å². The van der Waals surface area contributed by atoms with Crippen molar-refractivity contribution < 1.29 is 14.9 Å². The largest absolute Gasteiger partial charge is 0.497 e. The molecule has 0 amide bonds. The molecule has 0 radical (unpaired) electrons. The van der Waals surface area contributed by atoms with Crippen molar-refractivity contribution in [3.63, 3.8) is 0 Å². The fraction of sp³-hybridized carbons (Fsp3) is 0.600. The van der Waals surface area contributed by atoms with Crippen LogP contribution < -0.4 is 10.1 Å². The summed E-state index contributed by atoms with van der Waals surface area (Å²) in [5.74, 6) is 0.765. The molecular weight excluding hydrogens is 242 g/mol. The molecule has 0 aliphatic heterocycles. The van der Waals surface area contributed by atoms with Crippen LogP contribution in [0.2, 0.25) is 0 Å². The average Bonchev–Trinajstić information content (AvgIpc) is 2.35. The topological polar surface area (TPSA) is 61.7 Å². The monoisotopic (exact) mass is 267 g/mol. The highest BCUT2D eigenvalue weighted by Gasteiger charge is 2.34. The summed E-state index contributed by atoms with van der Waals surface area (Å²) in [6, 6.07) is 7.31. The molecule has 1 aromatic rings. The Kier molecular flexibility index (Phi) is 4.96. The molecule has 0 fully saturated rings. The highest BCUT2D eigenvalue weighted by Crippen LogP contribution is 2.22. The molecule has 0 heterocycles. The Morgan fingerprint density at radius 1 is 1.16 bits per heavy atom. The summed E-state index contributed by atoms with van der Waals surface area (Å²) in [4.78, 5) is 0. The summed E-state index contributed by atoms with van der Waals surface area (Å²) in [6.45, 7) is 7.70. The number of benzene rings is 1. The first kappa shape index (κ1) is 16.0. The molecule has 0 bridgehead atoms. The van der Waals surface area contributed by atoms with Gasteiger partial charge in [-0.3, -0.25) is 0 Å². The molecule has 108 valence electrons. The van der Waals surface area contributed by atoms with E-state index in [1.807, 2.05) is 38.1 Å². The maximum Gasteiger partial charge on any atom is 0.118 e. The number of β-amino-alcohol motifs (C(OH)–C–C–N with tert-alkyl or cyclic N) is 1.